The third-order valence-corrected chi connectivity index (χ3v) is 4.29. The van der Waals surface area contributed by atoms with E-state index < -0.39 is 7.82 Å². The van der Waals surface area contributed by atoms with Gasteiger partial charge in [0, 0.05) is 5.92 Å². The first kappa shape index (κ1) is 17.2. The average molecular weight is 332 g/mol. The molecule has 0 fully saturated rings. The van der Waals surface area contributed by atoms with Crippen molar-refractivity contribution in [2.75, 3.05) is 0 Å². The molecule has 0 saturated heterocycles. The van der Waals surface area contributed by atoms with Crippen LogP contribution in [0.5, 0.6) is 11.5 Å². The van der Waals surface area contributed by atoms with Crippen molar-refractivity contribution >= 4 is 7.82 Å². The molecule has 0 spiro atoms. The summed E-state index contributed by atoms with van der Waals surface area (Å²) in [5, 5.41) is 0. The van der Waals surface area contributed by atoms with E-state index in [1.54, 1.807) is 54.6 Å². The molecule has 4 nitrogen and oxygen atoms in total. The van der Waals surface area contributed by atoms with E-state index in [9.17, 15) is 4.57 Å². The van der Waals surface area contributed by atoms with Gasteiger partial charge in [-0.3, -0.25) is 0 Å². The Balaban J connectivity index is 2.28. The molecule has 5 heteroatoms. The third kappa shape index (κ3) is 5.19. The molecule has 0 saturated carbocycles. The van der Waals surface area contributed by atoms with Crippen LogP contribution in [0.1, 0.15) is 20.8 Å². The van der Waals surface area contributed by atoms with Crippen molar-refractivity contribution in [2.45, 2.75) is 20.8 Å². The molecule has 23 heavy (non-hydrogen) atoms. The highest BCUT2D eigenvalue weighted by molar-refractivity contribution is 7.49. The van der Waals surface area contributed by atoms with E-state index in [0.29, 0.717) is 17.3 Å². The lowest BCUT2D eigenvalue weighted by Crippen LogP contribution is -2.08. The number of rotatable bonds is 7. The van der Waals surface area contributed by atoms with Crippen LogP contribution in [-0.4, -0.2) is 0 Å². The molecule has 0 heterocycles. The van der Waals surface area contributed by atoms with Gasteiger partial charge in [-0.15, -0.1) is 0 Å². The average Bonchev–Trinajstić information content (AvgIpc) is 2.54. The third-order valence-electron chi connectivity index (χ3n) is 2.99. The van der Waals surface area contributed by atoms with Crippen molar-refractivity contribution in [2.24, 2.45) is 5.92 Å². The molecule has 0 atom stereocenters. The van der Waals surface area contributed by atoms with Gasteiger partial charge in [-0.25, -0.2) is 0 Å². The van der Waals surface area contributed by atoms with Gasteiger partial charge < -0.3 is 13.6 Å². The first-order valence-electron chi connectivity index (χ1n) is 7.47. The number of para-hydroxylation sites is 2. The highest BCUT2D eigenvalue weighted by atomic mass is 31.2. The van der Waals surface area contributed by atoms with Gasteiger partial charge in [-0.1, -0.05) is 50.2 Å². The van der Waals surface area contributed by atoms with Gasteiger partial charge in [0.25, 0.3) is 0 Å². The highest BCUT2D eigenvalue weighted by Crippen LogP contribution is 2.52. The number of phosphoric ester groups is 1. The monoisotopic (exact) mass is 332 g/mol. The largest absolute Gasteiger partial charge is 0.646 e. The fraction of sp³-hybridized carbons (Fsp3) is 0.222. The van der Waals surface area contributed by atoms with E-state index >= 15 is 0 Å². The predicted molar refractivity (Wildman–Crippen MR) is 91.4 cm³/mol. The molecule has 0 amide bonds. The van der Waals surface area contributed by atoms with E-state index in [-0.39, 0.29) is 5.92 Å². The zero-order chi connectivity index (χ0) is 16.7. The molecule has 2 rings (SSSR count). The van der Waals surface area contributed by atoms with Gasteiger partial charge in [0.05, 0.1) is 0 Å². The molecule has 0 unspecified atom stereocenters. The molecule has 0 aromatic heterocycles. The van der Waals surface area contributed by atoms with Crippen molar-refractivity contribution in [1.82, 2.24) is 0 Å². The zero-order valence-corrected chi connectivity index (χ0v) is 14.4. The van der Waals surface area contributed by atoms with Gasteiger partial charge in [-0.05, 0) is 37.3 Å². The molecule has 0 aliphatic carbocycles. The van der Waals surface area contributed by atoms with Crippen LogP contribution in [0, 0.1) is 5.92 Å². The number of hydrogen-bond donors (Lipinski definition) is 0. The Labute approximate surface area is 137 Å². The van der Waals surface area contributed by atoms with E-state index in [4.69, 9.17) is 13.6 Å². The van der Waals surface area contributed by atoms with Crippen molar-refractivity contribution < 1.29 is 18.1 Å². The van der Waals surface area contributed by atoms with Crippen molar-refractivity contribution in [3.63, 3.8) is 0 Å². The second-order valence-electron chi connectivity index (χ2n) is 5.19. The molecule has 0 radical (unpaired) electrons. The minimum atomic E-state index is -3.86. The summed E-state index contributed by atoms with van der Waals surface area (Å²) in [7, 11) is -3.86. The lowest BCUT2D eigenvalue weighted by Gasteiger charge is -2.22. The summed E-state index contributed by atoms with van der Waals surface area (Å²) in [5.74, 6) is 1.46. The number of phosphoric acid groups is 1. The topological polar surface area (TPSA) is 44.8 Å². The fourth-order valence-corrected chi connectivity index (χ4v) is 3.34. The summed E-state index contributed by atoms with van der Waals surface area (Å²) < 4.78 is 29.9. The zero-order valence-electron chi connectivity index (χ0n) is 13.5. The van der Waals surface area contributed by atoms with Crippen LogP contribution in [0.4, 0.5) is 0 Å². The summed E-state index contributed by atoms with van der Waals surface area (Å²) in [6.07, 6.45) is 1.76. The van der Waals surface area contributed by atoms with E-state index in [0.717, 1.165) is 0 Å². The Morgan fingerprint density at radius 1 is 0.913 bits per heavy atom. The number of allylic oxidation sites excluding steroid dienone is 2. The molecule has 0 N–H and O–H groups in total. The summed E-state index contributed by atoms with van der Waals surface area (Å²) in [4.78, 5) is 0. The smallest absolute Gasteiger partial charge is 0.391 e. The van der Waals surface area contributed by atoms with Crippen LogP contribution in [0.25, 0.3) is 0 Å². The van der Waals surface area contributed by atoms with Gasteiger partial charge in [0.1, 0.15) is 17.3 Å². The second-order valence-corrected chi connectivity index (χ2v) is 6.64. The van der Waals surface area contributed by atoms with Crippen LogP contribution in [0.3, 0.4) is 0 Å². The lowest BCUT2D eigenvalue weighted by molar-refractivity contribution is 0.239. The predicted octanol–water partition coefficient (Wildman–Crippen LogP) is 5.83. The number of benzene rings is 2. The molecular weight excluding hydrogens is 311 g/mol. The van der Waals surface area contributed by atoms with Gasteiger partial charge >= 0.3 is 7.82 Å². The summed E-state index contributed by atoms with van der Waals surface area (Å²) in [6.45, 7) is 5.72. The van der Waals surface area contributed by atoms with Crippen LogP contribution >= 0.6 is 7.82 Å². The standard InChI is InChI=1S/C18H21O4P/c1-4-18(15(2)3)22-23(19,20-16-11-7-5-8-12-16)21-17-13-9-6-10-14-17/h4-15H,1-3H3/b18-4+. The van der Waals surface area contributed by atoms with Crippen LogP contribution < -0.4 is 9.05 Å². The molecule has 0 aliphatic heterocycles. The van der Waals surface area contributed by atoms with Crippen LogP contribution in [0.2, 0.25) is 0 Å². The molecule has 0 bridgehead atoms. The molecular formula is C18H21O4P. The maximum Gasteiger partial charge on any atom is 0.646 e. The normalized spacial score (nSPS) is 12.1. The number of hydrogen-bond acceptors (Lipinski definition) is 4. The first-order chi connectivity index (χ1) is 11.0. The van der Waals surface area contributed by atoms with Crippen molar-refractivity contribution in [3.05, 3.63) is 72.5 Å². The van der Waals surface area contributed by atoms with Crippen molar-refractivity contribution in [1.29, 1.82) is 0 Å². The Bertz CT molecular complexity index is 635. The van der Waals surface area contributed by atoms with Gasteiger partial charge in [0.15, 0.2) is 0 Å². The quantitative estimate of drug-likeness (QED) is 0.473. The highest BCUT2D eigenvalue weighted by Gasteiger charge is 2.34. The van der Waals surface area contributed by atoms with Crippen LogP contribution in [0.15, 0.2) is 72.5 Å². The summed E-state index contributed by atoms with van der Waals surface area (Å²) in [6, 6.07) is 17.7. The first-order valence-corrected chi connectivity index (χ1v) is 8.93. The van der Waals surface area contributed by atoms with Gasteiger partial charge in [0.2, 0.25) is 0 Å². The Morgan fingerprint density at radius 3 is 1.70 bits per heavy atom. The molecule has 0 aliphatic rings. The summed E-state index contributed by atoms with van der Waals surface area (Å²) in [5.41, 5.74) is 0. The molecule has 122 valence electrons. The fourth-order valence-electron chi connectivity index (χ4n) is 1.90. The maximum absolute atomic E-state index is 13.1. The second kappa shape index (κ2) is 7.89. The SMILES string of the molecule is C/C=C(/OP(=O)(Oc1ccccc1)Oc1ccccc1)C(C)C. The Hall–Kier alpha value is -2.19. The minimum Gasteiger partial charge on any atom is -0.391 e. The van der Waals surface area contributed by atoms with E-state index in [1.807, 2.05) is 32.9 Å². The van der Waals surface area contributed by atoms with E-state index in [1.165, 1.54) is 0 Å². The van der Waals surface area contributed by atoms with E-state index in [2.05, 4.69) is 0 Å². The Kier molecular flexibility index (Phi) is 5.89. The Morgan fingerprint density at radius 2 is 1.35 bits per heavy atom. The molecule has 2 aromatic rings. The summed E-state index contributed by atoms with van der Waals surface area (Å²) >= 11 is 0. The lowest BCUT2D eigenvalue weighted by atomic mass is 10.2. The minimum absolute atomic E-state index is 0.0621. The van der Waals surface area contributed by atoms with Crippen LogP contribution in [-0.2, 0) is 9.09 Å². The van der Waals surface area contributed by atoms with Gasteiger partial charge in [-0.2, -0.15) is 4.57 Å². The maximum atomic E-state index is 13.1. The van der Waals surface area contributed by atoms with Crippen molar-refractivity contribution in [3.8, 4) is 11.5 Å². The molecule has 2 aromatic carbocycles.